The minimum Gasteiger partial charge on any atom is -0.397 e. The first-order chi connectivity index (χ1) is 8.84. The molecule has 0 unspecified atom stereocenters. The third-order valence-electron chi connectivity index (χ3n) is 4.05. The summed E-state index contributed by atoms with van der Waals surface area (Å²) >= 11 is 0. The number of hydrogen-bond acceptors (Lipinski definition) is 2. The quantitative estimate of drug-likeness (QED) is 0.744. The van der Waals surface area contributed by atoms with Crippen molar-refractivity contribution in [2.24, 2.45) is 0 Å². The van der Waals surface area contributed by atoms with E-state index in [1.165, 1.54) is 44.9 Å². The number of nitrogens with two attached hydrogens (primary N) is 1. The molecule has 0 bridgehead atoms. The van der Waals surface area contributed by atoms with E-state index in [1.807, 2.05) is 12.1 Å². The number of nitrogens with one attached hydrogen (secondary N) is 1. The van der Waals surface area contributed by atoms with E-state index < -0.39 is 0 Å². The van der Waals surface area contributed by atoms with E-state index >= 15 is 0 Å². The molecular formula is C15H21N3. The maximum absolute atomic E-state index is 5.97. The van der Waals surface area contributed by atoms with Crippen molar-refractivity contribution >= 4 is 16.7 Å². The highest BCUT2D eigenvalue weighted by Gasteiger charge is 2.17. The molecule has 1 fully saturated rings. The largest absolute Gasteiger partial charge is 0.397 e. The highest BCUT2D eigenvalue weighted by Crippen LogP contribution is 2.31. The third kappa shape index (κ3) is 2.22. The average molecular weight is 243 g/mol. The number of aromatic nitrogens is 2. The Bertz CT molecular complexity index is 522. The summed E-state index contributed by atoms with van der Waals surface area (Å²) in [4.78, 5) is 8.19. The van der Waals surface area contributed by atoms with Crippen LogP contribution in [0.5, 0.6) is 0 Å². The average Bonchev–Trinajstić information content (AvgIpc) is 2.73. The molecule has 0 atom stereocenters. The van der Waals surface area contributed by atoms with Gasteiger partial charge in [0.15, 0.2) is 0 Å². The Balaban J connectivity index is 1.90. The lowest BCUT2D eigenvalue weighted by molar-refractivity contribution is 0.445. The first-order valence-electron chi connectivity index (χ1n) is 7.09. The second kappa shape index (κ2) is 5.01. The van der Waals surface area contributed by atoms with Crippen LogP contribution in [-0.4, -0.2) is 9.97 Å². The predicted molar refractivity (Wildman–Crippen MR) is 75.6 cm³/mol. The van der Waals surface area contributed by atoms with E-state index in [4.69, 9.17) is 10.7 Å². The van der Waals surface area contributed by atoms with Crippen LogP contribution in [0.1, 0.15) is 56.7 Å². The lowest BCUT2D eigenvalue weighted by Crippen LogP contribution is -2.04. The first-order valence-corrected chi connectivity index (χ1v) is 7.09. The molecule has 0 saturated heterocycles. The third-order valence-corrected chi connectivity index (χ3v) is 4.05. The molecule has 3 rings (SSSR count). The fraction of sp³-hybridized carbons (Fsp3) is 0.533. The maximum Gasteiger partial charge on any atom is 0.111 e. The summed E-state index contributed by atoms with van der Waals surface area (Å²) in [5, 5.41) is 0. The number of hydrogen-bond donors (Lipinski definition) is 2. The van der Waals surface area contributed by atoms with Crippen molar-refractivity contribution in [2.45, 2.75) is 50.9 Å². The van der Waals surface area contributed by atoms with Crippen LogP contribution in [0.15, 0.2) is 18.2 Å². The Hall–Kier alpha value is -1.51. The minimum atomic E-state index is 0.595. The van der Waals surface area contributed by atoms with Crippen molar-refractivity contribution in [1.82, 2.24) is 9.97 Å². The predicted octanol–water partition coefficient (Wildman–Crippen LogP) is 3.97. The van der Waals surface area contributed by atoms with Gasteiger partial charge in [0.05, 0.1) is 11.2 Å². The van der Waals surface area contributed by atoms with Gasteiger partial charge in [0, 0.05) is 5.92 Å². The zero-order chi connectivity index (χ0) is 12.4. The van der Waals surface area contributed by atoms with Crippen molar-refractivity contribution in [3.05, 3.63) is 24.0 Å². The number of H-pyrrole nitrogens is 1. The van der Waals surface area contributed by atoms with Gasteiger partial charge in [-0.05, 0) is 25.0 Å². The van der Waals surface area contributed by atoms with Crippen LogP contribution in [0, 0.1) is 0 Å². The van der Waals surface area contributed by atoms with E-state index in [1.54, 1.807) is 0 Å². The molecule has 0 aliphatic heterocycles. The number of fused-ring (bicyclic) bond motifs is 1. The van der Waals surface area contributed by atoms with Crippen LogP contribution < -0.4 is 5.73 Å². The van der Waals surface area contributed by atoms with E-state index in [-0.39, 0.29) is 0 Å². The molecule has 0 spiro atoms. The SMILES string of the molecule is Nc1cccc2[nH]c(C3CCCCCCC3)nc12. The van der Waals surface area contributed by atoms with Crippen LogP contribution in [-0.2, 0) is 0 Å². The molecule has 1 aliphatic carbocycles. The van der Waals surface area contributed by atoms with Gasteiger partial charge in [-0.25, -0.2) is 4.98 Å². The fourth-order valence-electron chi connectivity index (χ4n) is 3.00. The Kier molecular flexibility index (Phi) is 3.22. The number of benzene rings is 1. The zero-order valence-electron chi connectivity index (χ0n) is 10.8. The molecule has 1 heterocycles. The summed E-state index contributed by atoms with van der Waals surface area (Å²) in [7, 11) is 0. The van der Waals surface area contributed by atoms with Gasteiger partial charge in [-0.15, -0.1) is 0 Å². The van der Waals surface area contributed by atoms with Crippen molar-refractivity contribution in [3.63, 3.8) is 0 Å². The molecule has 1 aromatic carbocycles. The van der Waals surface area contributed by atoms with Gasteiger partial charge in [-0.1, -0.05) is 38.2 Å². The summed E-state index contributed by atoms with van der Waals surface area (Å²) < 4.78 is 0. The van der Waals surface area contributed by atoms with E-state index in [2.05, 4.69) is 11.1 Å². The van der Waals surface area contributed by atoms with Crippen LogP contribution in [0.4, 0.5) is 5.69 Å². The van der Waals surface area contributed by atoms with Gasteiger partial charge < -0.3 is 10.7 Å². The van der Waals surface area contributed by atoms with Crippen molar-refractivity contribution in [1.29, 1.82) is 0 Å². The normalized spacial score (nSPS) is 18.7. The van der Waals surface area contributed by atoms with Crippen molar-refractivity contribution in [3.8, 4) is 0 Å². The summed E-state index contributed by atoms with van der Waals surface area (Å²) in [5.74, 6) is 1.74. The van der Waals surface area contributed by atoms with E-state index in [9.17, 15) is 0 Å². The van der Waals surface area contributed by atoms with Gasteiger partial charge in [0.1, 0.15) is 11.3 Å². The van der Waals surface area contributed by atoms with Gasteiger partial charge in [-0.3, -0.25) is 0 Å². The molecule has 1 saturated carbocycles. The van der Waals surface area contributed by atoms with Crippen molar-refractivity contribution < 1.29 is 0 Å². The number of nitrogen functional groups attached to an aromatic ring is 1. The van der Waals surface area contributed by atoms with Crippen LogP contribution in [0.2, 0.25) is 0 Å². The van der Waals surface area contributed by atoms with Crippen LogP contribution in [0.3, 0.4) is 0 Å². The molecule has 3 N–H and O–H groups in total. The topological polar surface area (TPSA) is 54.7 Å². The Labute approximate surface area is 108 Å². The number of imidazole rings is 1. The number of nitrogens with zero attached hydrogens (tertiary/aromatic N) is 1. The molecule has 2 aromatic rings. The first kappa shape index (κ1) is 11.6. The van der Waals surface area contributed by atoms with Gasteiger partial charge in [0.2, 0.25) is 0 Å². The highest BCUT2D eigenvalue weighted by atomic mass is 14.9. The Morgan fingerprint density at radius 2 is 1.78 bits per heavy atom. The second-order valence-electron chi connectivity index (χ2n) is 5.41. The zero-order valence-corrected chi connectivity index (χ0v) is 10.8. The molecule has 1 aromatic heterocycles. The molecule has 3 heteroatoms. The number of para-hydroxylation sites is 1. The van der Waals surface area contributed by atoms with Gasteiger partial charge in [0.25, 0.3) is 0 Å². The lowest BCUT2D eigenvalue weighted by atomic mass is 9.91. The van der Waals surface area contributed by atoms with Gasteiger partial charge in [-0.2, -0.15) is 0 Å². The molecular weight excluding hydrogens is 222 g/mol. The van der Waals surface area contributed by atoms with Crippen LogP contribution in [0.25, 0.3) is 11.0 Å². The number of aromatic amines is 1. The Morgan fingerprint density at radius 3 is 2.50 bits per heavy atom. The number of anilines is 1. The molecule has 18 heavy (non-hydrogen) atoms. The highest BCUT2D eigenvalue weighted by molar-refractivity contribution is 5.86. The molecule has 96 valence electrons. The van der Waals surface area contributed by atoms with Crippen LogP contribution >= 0.6 is 0 Å². The lowest BCUT2D eigenvalue weighted by Gasteiger charge is -2.17. The molecule has 3 nitrogen and oxygen atoms in total. The summed E-state index contributed by atoms with van der Waals surface area (Å²) in [5.41, 5.74) is 8.77. The van der Waals surface area contributed by atoms with E-state index in [0.717, 1.165) is 22.5 Å². The molecule has 0 radical (unpaired) electrons. The van der Waals surface area contributed by atoms with Crippen molar-refractivity contribution in [2.75, 3.05) is 5.73 Å². The molecule has 1 aliphatic rings. The standard InChI is InChI=1S/C15H21N3/c16-12-9-6-10-13-14(12)18-15(17-13)11-7-4-2-1-3-5-8-11/h6,9-11H,1-5,7-8,16H2,(H,17,18). The second-order valence-corrected chi connectivity index (χ2v) is 5.41. The summed E-state index contributed by atoms with van der Waals surface area (Å²) in [6.45, 7) is 0. The fourth-order valence-corrected chi connectivity index (χ4v) is 3.00. The summed E-state index contributed by atoms with van der Waals surface area (Å²) in [6, 6.07) is 5.97. The molecule has 0 amide bonds. The minimum absolute atomic E-state index is 0.595. The maximum atomic E-state index is 5.97. The smallest absolute Gasteiger partial charge is 0.111 e. The number of rotatable bonds is 1. The monoisotopic (exact) mass is 243 g/mol. The van der Waals surface area contributed by atoms with Gasteiger partial charge >= 0.3 is 0 Å². The van der Waals surface area contributed by atoms with E-state index in [0.29, 0.717) is 5.92 Å². The Morgan fingerprint density at radius 1 is 1.06 bits per heavy atom. The summed E-state index contributed by atoms with van der Waals surface area (Å²) in [6.07, 6.45) is 9.34.